The van der Waals surface area contributed by atoms with Crippen LogP contribution in [0.3, 0.4) is 0 Å². The van der Waals surface area contributed by atoms with E-state index in [-0.39, 0.29) is 6.03 Å². The number of para-hydroxylation sites is 1. The quantitative estimate of drug-likeness (QED) is 0.870. The molecule has 1 aromatic carbocycles. The van der Waals surface area contributed by atoms with Crippen molar-refractivity contribution in [3.63, 3.8) is 0 Å². The van der Waals surface area contributed by atoms with E-state index in [1.54, 1.807) is 0 Å². The lowest BCUT2D eigenvalue weighted by atomic mass is 10.2. The van der Waals surface area contributed by atoms with Crippen molar-refractivity contribution in [1.29, 1.82) is 0 Å². The lowest BCUT2D eigenvalue weighted by Crippen LogP contribution is -2.51. The highest BCUT2D eigenvalue weighted by molar-refractivity contribution is 5.89. The highest BCUT2D eigenvalue weighted by Gasteiger charge is 2.22. The summed E-state index contributed by atoms with van der Waals surface area (Å²) >= 11 is 0. The van der Waals surface area contributed by atoms with Crippen molar-refractivity contribution in [2.75, 3.05) is 31.5 Å². The number of amides is 2. The predicted molar refractivity (Wildman–Crippen MR) is 73.7 cm³/mol. The molecule has 1 aromatic rings. The van der Waals surface area contributed by atoms with Crippen LogP contribution < -0.4 is 5.32 Å². The van der Waals surface area contributed by atoms with Gasteiger partial charge in [-0.05, 0) is 26.0 Å². The van der Waals surface area contributed by atoms with E-state index in [9.17, 15) is 4.79 Å². The number of urea groups is 1. The largest absolute Gasteiger partial charge is 0.322 e. The number of rotatable bonds is 2. The van der Waals surface area contributed by atoms with Gasteiger partial charge in [-0.2, -0.15) is 0 Å². The summed E-state index contributed by atoms with van der Waals surface area (Å²) in [5.74, 6) is 0. The second kappa shape index (κ2) is 5.87. The summed E-state index contributed by atoms with van der Waals surface area (Å²) in [5.41, 5.74) is 0.855. The molecule has 1 N–H and O–H groups in total. The third kappa shape index (κ3) is 3.23. The van der Waals surface area contributed by atoms with Crippen molar-refractivity contribution < 1.29 is 4.79 Å². The Hall–Kier alpha value is -1.55. The fraction of sp³-hybridized carbons (Fsp3) is 0.500. The number of hydrogen-bond donors (Lipinski definition) is 1. The van der Waals surface area contributed by atoms with E-state index in [0.29, 0.717) is 6.04 Å². The van der Waals surface area contributed by atoms with Gasteiger partial charge < -0.3 is 10.2 Å². The van der Waals surface area contributed by atoms with Crippen LogP contribution in [0.15, 0.2) is 30.3 Å². The van der Waals surface area contributed by atoms with Gasteiger partial charge in [0.1, 0.15) is 0 Å². The van der Waals surface area contributed by atoms with E-state index in [2.05, 4.69) is 24.1 Å². The number of nitrogens with one attached hydrogen (secondary N) is 1. The minimum absolute atomic E-state index is 0.00426. The number of carbonyl (C=O) groups excluding carboxylic acids is 1. The molecular weight excluding hydrogens is 226 g/mol. The maximum Gasteiger partial charge on any atom is 0.321 e. The minimum Gasteiger partial charge on any atom is -0.322 e. The lowest BCUT2D eigenvalue weighted by Gasteiger charge is -2.36. The molecule has 4 heteroatoms. The van der Waals surface area contributed by atoms with Crippen LogP contribution in [0.5, 0.6) is 0 Å². The maximum atomic E-state index is 12.0. The van der Waals surface area contributed by atoms with Gasteiger partial charge >= 0.3 is 6.03 Å². The Balaban J connectivity index is 1.85. The van der Waals surface area contributed by atoms with E-state index in [1.165, 1.54) is 0 Å². The molecule has 2 rings (SSSR count). The number of anilines is 1. The molecule has 1 fully saturated rings. The summed E-state index contributed by atoms with van der Waals surface area (Å²) in [6, 6.07) is 10.2. The first-order valence-corrected chi connectivity index (χ1v) is 6.52. The molecule has 4 nitrogen and oxygen atoms in total. The molecule has 0 aromatic heterocycles. The fourth-order valence-corrected chi connectivity index (χ4v) is 2.17. The topological polar surface area (TPSA) is 35.6 Å². The number of benzene rings is 1. The average Bonchev–Trinajstić information content (AvgIpc) is 2.40. The van der Waals surface area contributed by atoms with E-state index >= 15 is 0 Å². The summed E-state index contributed by atoms with van der Waals surface area (Å²) in [4.78, 5) is 16.3. The van der Waals surface area contributed by atoms with Gasteiger partial charge in [0.25, 0.3) is 0 Å². The Morgan fingerprint density at radius 1 is 1.11 bits per heavy atom. The first kappa shape index (κ1) is 12.9. The molecule has 98 valence electrons. The predicted octanol–water partition coefficient (Wildman–Crippen LogP) is 2.24. The molecule has 0 bridgehead atoms. The Bertz CT molecular complexity index is 383. The van der Waals surface area contributed by atoms with Gasteiger partial charge in [-0.25, -0.2) is 4.79 Å². The summed E-state index contributed by atoms with van der Waals surface area (Å²) in [6.07, 6.45) is 0. The molecule has 1 saturated heterocycles. The molecule has 18 heavy (non-hydrogen) atoms. The van der Waals surface area contributed by atoms with Gasteiger partial charge in [-0.3, -0.25) is 4.90 Å². The lowest BCUT2D eigenvalue weighted by molar-refractivity contribution is 0.125. The smallest absolute Gasteiger partial charge is 0.321 e. The molecule has 0 unspecified atom stereocenters. The highest BCUT2D eigenvalue weighted by atomic mass is 16.2. The Morgan fingerprint density at radius 2 is 1.72 bits per heavy atom. The Labute approximate surface area is 109 Å². The van der Waals surface area contributed by atoms with E-state index in [0.717, 1.165) is 31.9 Å². The average molecular weight is 247 g/mol. The SMILES string of the molecule is CC(C)N1CCN(C(=O)Nc2ccccc2)CC1. The molecule has 1 aliphatic rings. The van der Waals surface area contributed by atoms with Crippen LogP contribution in [0.2, 0.25) is 0 Å². The van der Waals surface area contributed by atoms with E-state index in [4.69, 9.17) is 0 Å². The second-order valence-corrected chi connectivity index (χ2v) is 4.91. The third-order valence-electron chi connectivity index (χ3n) is 3.36. The number of carbonyl (C=O) groups is 1. The Kier molecular flexibility index (Phi) is 4.20. The standard InChI is InChI=1S/C14H21N3O/c1-12(2)16-8-10-17(11-9-16)14(18)15-13-6-4-3-5-7-13/h3-7,12H,8-11H2,1-2H3,(H,15,18). The van der Waals surface area contributed by atoms with Crippen LogP contribution in [-0.4, -0.2) is 48.1 Å². The van der Waals surface area contributed by atoms with Crippen LogP contribution in [0.1, 0.15) is 13.8 Å². The summed E-state index contributed by atoms with van der Waals surface area (Å²) in [7, 11) is 0. The van der Waals surface area contributed by atoms with Crippen LogP contribution in [0.25, 0.3) is 0 Å². The molecule has 1 heterocycles. The summed E-state index contributed by atoms with van der Waals surface area (Å²) in [6.45, 7) is 7.91. The first-order chi connectivity index (χ1) is 8.66. The second-order valence-electron chi connectivity index (χ2n) is 4.91. The van der Waals surface area contributed by atoms with Gasteiger partial charge in [-0.15, -0.1) is 0 Å². The number of nitrogens with zero attached hydrogens (tertiary/aromatic N) is 2. The van der Waals surface area contributed by atoms with Crippen LogP contribution >= 0.6 is 0 Å². The zero-order valence-electron chi connectivity index (χ0n) is 11.1. The zero-order valence-corrected chi connectivity index (χ0v) is 11.1. The molecule has 0 radical (unpaired) electrons. The third-order valence-corrected chi connectivity index (χ3v) is 3.36. The van der Waals surface area contributed by atoms with Gasteiger partial charge in [0.15, 0.2) is 0 Å². The molecule has 0 spiro atoms. The fourth-order valence-electron chi connectivity index (χ4n) is 2.17. The minimum atomic E-state index is 0.00426. The molecule has 2 amide bonds. The Morgan fingerprint density at radius 3 is 2.28 bits per heavy atom. The van der Waals surface area contributed by atoms with Crippen molar-refractivity contribution >= 4 is 11.7 Å². The van der Waals surface area contributed by atoms with Gasteiger partial charge in [0, 0.05) is 37.9 Å². The van der Waals surface area contributed by atoms with Crippen molar-refractivity contribution in [3.8, 4) is 0 Å². The van der Waals surface area contributed by atoms with Crippen LogP contribution in [-0.2, 0) is 0 Å². The summed E-state index contributed by atoms with van der Waals surface area (Å²) < 4.78 is 0. The highest BCUT2D eigenvalue weighted by Crippen LogP contribution is 2.10. The van der Waals surface area contributed by atoms with Gasteiger partial charge in [-0.1, -0.05) is 18.2 Å². The van der Waals surface area contributed by atoms with E-state index in [1.807, 2.05) is 35.2 Å². The van der Waals surface area contributed by atoms with Crippen molar-refractivity contribution in [1.82, 2.24) is 9.80 Å². The van der Waals surface area contributed by atoms with Crippen LogP contribution in [0.4, 0.5) is 10.5 Å². The van der Waals surface area contributed by atoms with E-state index < -0.39 is 0 Å². The van der Waals surface area contributed by atoms with Crippen molar-refractivity contribution in [2.24, 2.45) is 0 Å². The summed E-state index contributed by atoms with van der Waals surface area (Å²) in [5, 5.41) is 2.92. The molecule has 1 aliphatic heterocycles. The maximum absolute atomic E-state index is 12.0. The van der Waals surface area contributed by atoms with Crippen LogP contribution in [0, 0.1) is 0 Å². The number of piperazine rings is 1. The number of hydrogen-bond acceptors (Lipinski definition) is 2. The zero-order chi connectivity index (χ0) is 13.0. The van der Waals surface area contributed by atoms with Crippen molar-refractivity contribution in [2.45, 2.75) is 19.9 Å². The molecular formula is C14H21N3O. The first-order valence-electron chi connectivity index (χ1n) is 6.52. The molecule has 0 aliphatic carbocycles. The monoisotopic (exact) mass is 247 g/mol. The normalized spacial score (nSPS) is 16.9. The molecule has 0 saturated carbocycles. The molecule has 0 atom stereocenters. The van der Waals surface area contributed by atoms with Crippen molar-refractivity contribution in [3.05, 3.63) is 30.3 Å². The van der Waals surface area contributed by atoms with Gasteiger partial charge in [0.2, 0.25) is 0 Å². The van der Waals surface area contributed by atoms with Gasteiger partial charge in [0.05, 0.1) is 0 Å².